The lowest BCUT2D eigenvalue weighted by Gasteiger charge is -2.21. The highest BCUT2D eigenvalue weighted by Crippen LogP contribution is 2.20. The van der Waals surface area contributed by atoms with Crippen LogP contribution in [0.2, 0.25) is 5.02 Å². The predicted octanol–water partition coefficient (Wildman–Crippen LogP) is 1.28. The number of nitrogens with zero attached hydrogens (tertiary/aromatic N) is 2. The van der Waals surface area contributed by atoms with Gasteiger partial charge in [-0.2, -0.15) is 17.0 Å². The van der Waals surface area contributed by atoms with Crippen LogP contribution in [0.25, 0.3) is 0 Å². The molecular formula is C11H15ClN2O4S. The van der Waals surface area contributed by atoms with Crippen molar-refractivity contribution in [3.63, 3.8) is 0 Å². The van der Waals surface area contributed by atoms with Gasteiger partial charge in [0, 0.05) is 32.7 Å². The highest BCUT2D eigenvalue weighted by atomic mass is 35.5. The second kappa shape index (κ2) is 5.87. The summed E-state index contributed by atoms with van der Waals surface area (Å²) in [4.78, 5) is 10.8. The van der Waals surface area contributed by atoms with Crippen LogP contribution >= 0.6 is 11.6 Å². The minimum Gasteiger partial charge on any atom is -0.478 e. The summed E-state index contributed by atoms with van der Waals surface area (Å²) in [7, 11) is 0.764. The molecule has 0 saturated heterocycles. The first-order valence-corrected chi connectivity index (χ1v) is 7.09. The molecule has 19 heavy (non-hydrogen) atoms. The molecule has 0 saturated carbocycles. The molecule has 0 aromatic heterocycles. The van der Waals surface area contributed by atoms with Crippen LogP contribution in [0.3, 0.4) is 0 Å². The summed E-state index contributed by atoms with van der Waals surface area (Å²) in [6.07, 6.45) is 0. The fraction of sp³-hybridized carbons (Fsp3) is 0.364. The lowest BCUT2D eigenvalue weighted by atomic mass is 10.1. The zero-order valence-electron chi connectivity index (χ0n) is 10.8. The van der Waals surface area contributed by atoms with E-state index in [9.17, 15) is 13.2 Å². The van der Waals surface area contributed by atoms with Gasteiger partial charge in [-0.3, -0.25) is 0 Å². The van der Waals surface area contributed by atoms with Gasteiger partial charge in [-0.05, 0) is 17.7 Å². The van der Waals surface area contributed by atoms with E-state index in [1.807, 2.05) is 0 Å². The number of hydrogen-bond acceptors (Lipinski definition) is 3. The fourth-order valence-electron chi connectivity index (χ4n) is 1.41. The van der Waals surface area contributed by atoms with E-state index in [0.29, 0.717) is 5.56 Å². The largest absolute Gasteiger partial charge is 0.478 e. The Morgan fingerprint density at radius 3 is 2.32 bits per heavy atom. The Labute approximate surface area is 117 Å². The molecule has 0 fully saturated rings. The maximum absolute atomic E-state index is 11.8. The number of carboxylic acid groups (broad SMARTS) is 1. The van der Waals surface area contributed by atoms with Crippen LogP contribution in [0, 0.1) is 0 Å². The quantitative estimate of drug-likeness (QED) is 0.889. The van der Waals surface area contributed by atoms with Crippen molar-refractivity contribution in [2.45, 2.75) is 6.54 Å². The van der Waals surface area contributed by atoms with E-state index in [2.05, 4.69) is 0 Å². The van der Waals surface area contributed by atoms with Crippen molar-refractivity contribution < 1.29 is 18.3 Å². The van der Waals surface area contributed by atoms with Crippen molar-refractivity contribution in [3.05, 3.63) is 34.3 Å². The van der Waals surface area contributed by atoms with Crippen LogP contribution in [-0.4, -0.2) is 49.2 Å². The summed E-state index contributed by atoms with van der Waals surface area (Å²) in [5, 5.41) is 9.04. The third kappa shape index (κ3) is 3.66. The lowest BCUT2D eigenvalue weighted by molar-refractivity contribution is 0.0697. The summed E-state index contributed by atoms with van der Waals surface area (Å²) in [6, 6.07) is 4.20. The Morgan fingerprint density at radius 1 is 1.32 bits per heavy atom. The molecule has 0 aliphatic carbocycles. The van der Waals surface area contributed by atoms with Crippen molar-refractivity contribution in [2.75, 3.05) is 21.1 Å². The van der Waals surface area contributed by atoms with E-state index in [-0.39, 0.29) is 17.1 Å². The van der Waals surface area contributed by atoms with Gasteiger partial charge in [-0.1, -0.05) is 17.7 Å². The zero-order valence-corrected chi connectivity index (χ0v) is 12.4. The molecule has 1 aromatic carbocycles. The van der Waals surface area contributed by atoms with Gasteiger partial charge < -0.3 is 5.11 Å². The fourth-order valence-corrected chi connectivity index (χ4v) is 2.51. The Morgan fingerprint density at radius 2 is 1.89 bits per heavy atom. The van der Waals surface area contributed by atoms with E-state index in [1.165, 1.54) is 39.3 Å². The van der Waals surface area contributed by atoms with E-state index in [0.717, 1.165) is 8.61 Å². The first kappa shape index (κ1) is 15.9. The standard InChI is InChI=1S/C11H15ClN2O4S/c1-13(2)19(17,18)14(3)7-9-5-4-8(11(15)16)6-10(9)12/h4-6H,7H2,1-3H3,(H,15,16). The second-order valence-electron chi connectivity index (χ2n) is 4.16. The van der Waals surface area contributed by atoms with Gasteiger partial charge in [-0.25, -0.2) is 4.79 Å². The highest BCUT2D eigenvalue weighted by Gasteiger charge is 2.21. The Hall–Kier alpha value is -1.15. The summed E-state index contributed by atoms with van der Waals surface area (Å²) in [5.41, 5.74) is 0.603. The predicted molar refractivity (Wildman–Crippen MR) is 72.5 cm³/mol. The molecular weight excluding hydrogens is 292 g/mol. The summed E-state index contributed by atoms with van der Waals surface area (Å²) >= 11 is 5.95. The minimum absolute atomic E-state index is 0.0619. The molecule has 8 heteroatoms. The van der Waals surface area contributed by atoms with E-state index >= 15 is 0 Å². The van der Waals surface area contributed by atoms with Crippen molar-refractivity contribution >= 4 is 27.8 Å². The molecule has 1 rings (SSSR count). The number of benzene rings is 1. The van der Waals surface area contributed by atoms with Crippen molar-refractivity contribution in [2.24, 2.45) is 0 Å². The van der Waals surface area contributed by atoms with Crippen molar-refractivity contribution in [3.8, 4) is 0 Å². The van der Waals surface area contributed by atoms with E-state index in [1.54, 1.807) is 0 Å². The van der Waals surface area contributed by atoms with Crippen LogP contribution in [0.15, 0.2) is 18.2 Å². The zero-order chi connectivity index (χ0) is 14.8. The smallest absolute Gasteiger partial charge is 0.335 e. The van der Waals surface area contributed by atoms with Crippen LogP contribution in [0.1, 0.15) is 15.9 Å². The van der Waals surface area contributed by atoms with Gasteiger partial charge in [-0.15, -0.1) is 0 Å². The number of carbonyl (C=O) groups is 1. The third-order valence-corrected chi connectivity index (χ3v) is 4.74. The molecule has 0 heterocycles. The molecule has 0 atom stereocenters. The van der Waals surface area contributed by atoms with Crippen LogP contribution in [0.5, 0.6) is 0 Å². The van der Waals surface area contributed by atoms with Gasteiger partial charge in [0.2, 0.25) is 0 Å². The number of aromatic carboxylic acids is 1. The van der Waals surface area contributed by atoms with Crippen LogP contribution in [0.4, 0.5) is 0 Å². The monoisotopic (exact) mass is 306 g/mol. The molecule has 1 N–H and O–H groups in total. The molecule has 0 bridgehead atoms. The Kier molecular flexibility index (Phi) is 4.92. The summed E-state index contributed by atoms with van der Waals surface area (Å²) < 4.78 is 25.9. The van der Waals surface area contributed by atoms with Gasteiger partial charge >= 0.3 is 5.97 Å². The Bertz CT molecular complexity index is 586. The summed E-state index contributed by atoms with van der Waals surface area (Å²) in [5.74, 6) is -1.08. The average molecular weight is 307 g/mol. The van der Waals surface area contributed by atoms with E-state index in [4.69, 9.17) is 16.7 Å². The second-order valence-corrected chi connectivity index (χ2v) is 6.81. The molecule has 0 amide bonds. The SMILES string of the molecule is CN(C)S(=O)(=O)N(C)Cc1ccc(C(=O)O)cc1Cl. The van der Waals surface area contributed by atoms with Gasteiger partial charge in [0.05, 0.1) is 5.56 Å². The molecule has 0 aliphatic heterocycles. The minimum atomic E-state index is -3.53. The number of halogens is 1. The lowest BCUT2D eigenvalue weighted by Crippen LogP contribution is -2.36. The van der Waals surface area contributed by atoms with Crippen molar-refractivity contribution in [1.82, 2.24) is 8.61 Å². The van der Waals surface area contributed by atoms with Gasteiger partial charge in [0.25, 0.3) is 10.2 Å². The molecule has 0 radical (unpaired) electrons. The molecule has 0 aliphatic rings. The molecule has 106 valence electrons. The number of carboxylic acids is 1. The Balaban J connectivity index is 2.99. The van der Waals surface area contributed by atoms with Crippen LogP contribution in [-0.2, 0) is 16.8 Å². The molecule has 0 unspecified atom stereocenters. The van der Waals surface area contributed by atoms with Gasteiger partial charge in [0.15, 0.2) is 0 Å². The molecule has 0 spiro atoms. The first-order valence-electron chi connectivity index (χ1n) is 5.31. The van der Waals surface area contributed by atoms with Gasteiger partial charge in [0.1, 0.15) is 0 Å². The van der Waals surface area contributed by atoms with Crippen molar-refractivity contribution in [1.29, 1.82) is 0 Å². The maximum Gasteiger partial charge on any atom is 0.335 e. The van der Waals surface area contributed by atoms with Crippen LogP contribution < -0.4 is 0 Å². The average Bonchev–Trinajstić information content (AvgIpc) is 2.30. The maximum atomic E-state index is 11.8. The molecule has 6 nitrogen and oxygen atoms in total. The topological polar surface area (TPSA) is 77.9 Å². The third-order valence-electron chi connectivity index (χ3n) is 2.55. The molecule has 1 aromatic rings. The number of rotatable bonds is 5. The highest BCUT2D eigenvalue weighted by molar-refractivity contribution is 7.86. The summed E-state index contributed by atoms with van der Waals surface area (Å²) in [6.45, 7) is 0.0687. The first-order chi connectivity index (χ1) is 8.66. The van der Waals surface area contributed by atoms with E-state index < -0.39 is 16.2 Å². The number of hydrogen-bond donors (Lipinski definition) is 1. The normalized spacial score (nSPS) is 12.1.